The van der Waals surface area contributed by atoms with E-state index in [2.05, 4.69) is 0 Å². The second-order valence-corrected chi connectivity index (χ2v) is 2.02. The quantitative estimate of drug-likeness (QED) is 0.506. The van der Waals surface area contributed by atoms with Gasteiger partial charge in [0.2, 0.25) is 0 Å². The third-order valence-corrected chi connectivity index (χ3v) is 1.02. The zero-order valence-corrected chi connectivity index (χ0v) is 5.97. The van der Waals surface area contributed by atoms with Gasteiger partial charge in [-0.05, 0) is 19.9 Å². The molecule has 0 spiro atoms. The molecule has 0 heterocycles. The van der Waals surface area contributed by atoms with Crippen LogP contribution in [0.15, 0.2) is 22.8 Å². The molecule has 0 aliphatic carbocycles. The van der Waals surface area contributed by atoms with E-state index in [0.717, 1.165) is 6.08 Å². The van der Waals surface area contributed by atoms with Crippen molar-refractivity contribution < 1.29 is 8.78 Å². The maximum Gasteiger partial charge on any atom is 0.115 e. The molecular formula is C6H7ClF2. The van der Waals surface area contributed by atoms with E-state index in [1.165, 1.54) is 13.8 Å². The largest absolute Gasteiger partial charge is 0.212 e. The van der Waals surface area contributed by atoms with Crippen LogP contribution >= 0.6 is 11.6 Å². The number of rotatable bonds is 1. The minimum absolute atomic E-state index is 0.185. The van der Waals surface area contributed by atoms with Gasteiger partial charge in [0.25, 0.3) is 0 Å². The fourth-order valence-electron chi connectivity index (χ4n) is 0.274. The third kappa shape index (κ3) is 4.15. The molecule has 0 aliphatic rings. The molecule has 0 aromatic carbocycles. The van der Waals surface area contributed by atoms with Crippen LogP contribution in [-0.4, -0.2) is 0 Å². The summed E-state index contributed by atoms with van der Waals surface area (Å²) < 4.78 is 23.9. The van der Waals surface area contributed by atoms with Gasteiger partial charge < -0.3 is 0 Å². The van der Waals surface area contributed by atoms with Crippen molar-refractivity contribution in [3.63, 3.8) is 0 Å². The second kappa shape index (κ2) is 3.62. The fourth-order valence-corrected chi connectivity index (χ4v) is 0.424. The zero-order chi connectivity index (χ0) is 7.44. The first-order valence-electron chi connectivity index (χ1n) is 2.39. The molecule has 0 N–H and O–H groups in total. The molecule has 0 unspecified atom stereocenters. The average Bonchev–Trinajstić information content (AvgIpc) is 1.63. The van der Waals surface area contributed by atoms with E-state index < -0.39 is 11.7 Å². The number of allylic oxidation sites excluding steroid dienone is 4. The van der Waals surface area contributed by atoms with E-state index in [-0.39, 0.29) is 5.03 Å². The molecule has 52 valence electrons. The smallest absolute Gasteiger partial charge is 0.115 e. The van der Waals surface area contributed by atoms with E-state index >= 15 is 0 Å². The summed E-state index contributed by atoms with van der Waals surface area (Å²) in [6.45, 7) is 2.37. The lowest BCUT2D eigenvalue weighted by Crippen LogP contribution is -1.69. The first-order chi connectivity index (χ1) is 4.04. The molecule has 0 amide bonds. The highest BCUT2D eigenvalue weighted by Gasteiger charge is 1.93. The minimum Gasteiger partial charge on any atom is -0.212 e. The molecule has 0 aliphatic heterocycles. The summed E-state index contributed by atoms with van der Waals surface area (Å²) in [5.41, 5.74) is 0. The Kier molecular flexibility index (Phi) is 3.47. The second-order valence-electron chi connectivity index (χ2n) is 1.61. The molecule has 0 bridgehead atoms. The van der Waals surface area contributed by atoms with Crippen molar-refractivity contribution in [2.75, 3.05) is 0 Å². The number of hydrogen-bond acceptors (Lipinski definition) is 0. The number of hydrogen-bond donors (Lipinski definition) is 0. The number of halogens is 3. The SMILES string of the molecule is CC(F)=CC(Cl)=C(C)F. The van der Waals surface area contributed by atoms with Gasteiger partial charge in [-0.2, -0.15) is 0 Å². The highest BCUT2D eigenvalue weighted by atomic mass is 35.5. The van der Waals surface area contributed by atoms with Gasteiger partial charge in [-0.25, -0.2) is 8.78 Å². The summed E-state index contributed by atoms with van der Waals surface area (Å²) in [5, 5.41) is -0.185. The maximum atomic E-state index is 12.0. The molecule has 9 heavy (non-hydrogen) atoms. The molecule has 0 radical (unpaired) electrons. The van der Waals surface area contributed by atoms with Gasteiger partial charge in [0.1, 0.15) is 5.83 Å². The van der Waals surface area contributed by atoms with Crippen LogP contribution in [0.3, 0.4) is 0 Å². The van der Waals surface area contributed by atoms with Crippen LogP contribution in [0.25, 0.3) is 0 Å². The molecule has 0 fully saturated rings. The van der Waals surface area contributed by atoms with Crippen LogP contribution in [0, 0.1) is 0 Å². The van der Waals surface area contributed by atoms with E-state index in [9.17, 15) is 8.78 Å². The van der Waals surface area contributed by atoms with Crippen molar-refractivity contribution >= 4 is 11.6 Å². The Bertz CT molecular complexity index is 150. The average molecular weight is 153 g/mol. The van der Waals surface area contributed by atoms with Crippen molar-refractivity contribution in [3.8, 4) is 0 Å². The first kappa shape index (κ1) is 8.63. The first-order valence-corrected chi connectivity index (χ1v) is 2.77. The lowest BCUT2D eigenvalue weighted by atomic mass is 10.4. The van der Waals surface area contributed by atoms with Crippen LogP contribution in [0.4, 0.5) is 8.78 Å². The van der Waals surface area contributed by atoms with Crippen molar-refractivity contribution in [3.05, 3.63) is 22.8 Å². The van der Waals surface area contributed by atoms with E-state index in [4.69, 9.17) is 11.6 Å². The lowest BCUT2D eigenvalue weighted by molar-refractivity contribution is 0.626. The Labute approximate surface area is 57.8 Å². The van der Waals surface area contributed by atoms with Crippen LogP contribution in [0.1, 0.15) is 13.8 Å². The van der Waals surface area contributed by atoms with E-state index in [1.807, 2.05) is 0 Å². The Balaban J connectivity index is 4.25. The van der Waals surface area contributed by atoms with Crippen LogP contribution in [0.5, 0.6) is 0 Å². The Hall–Kier alpha value is -0.370. The molecule has 0 saturated carbocycles. The molecule has 3 heteroatoms. The predicted molar refractivity (Wildman–Crippen MR) is 34.5 cm³/mol. The Morgan fingerprint density at radius 2 is 1.78 bits per heavy atom. The van der Waals surface area contributed by atoms with Gasteiger partial charge in [0.05, 0.1) is 10.9 Å². The summed E-state index contributed by atoms with van der Waals surface area (Å²) in [5.74, 6) is -1.08. The normalized spacial score (nSPS) is 15.4. The van der Waals surface area contributed by atoms with Gasteiger partial charge >= 0.3 is 0 Å². The van der Waals surface area contributed by atoms with E-state index in [1.54, 1.807) is 0 Å². The van der Waals surface area contributed by atoms with Gasteiger partial charge in [-0.15, -0.1) is 0 Å². The third-order valence-electron chi connectivity index (χ3n) is 0.655. The molecule has 0 rings (SSSR count). The fraction of sp³-hybridized carbons (Fsp3) is 0.333. The highest BCUT2D eigenvalue weighted by molar-refractivity contribution is 6.31. The Morgan fingerprint density at radius 3 is 1.89 bits per heavy atom. The minimum atomic E-state index is -0.575. The summed E-state index contributed by atoms with van der Waals surface area (Å²) in [6, 6.07) is 0. The topological polar surface area (TPSA) is 0 Å². The standard InChI is InChI=1S/C6H7ClF2/c1-4(8)3-6(7)5(2)9/h3H,1-2H3. The van der Waals surface area contributed by atoms with Crippen LogP contribution < -0.4 is 0 Å². The summed E-state index contributed by atoms with van der Waals surface area (Å²) in [6.07, 6.45) is 0.927. The summed E-state index contributed by atoms with van der Waals surface area (Å²) in [7, 11) is 0. The molecule has 0 aromatic rings. The van der Waals surface area contributed by atoms with Gasteiger partial charge in [-0.1, -0.05) is 11.6 Å². The van der Waals surface area contributed by atoms with Gasteiger partial charge in [0, 0.05) is 0 Å². The highest BCUT2D eigenvalue weighted by Crippen LogP contribution is 2.13. The Morgan fingerprint density at radius 1 is 1.33 bits per heavy atom. The molecular weight excluding hydrogens is 146 g/mol. The summed E-state index contributed by atoms with van der Waals surface area (Å²) >= 11 is 5.20. The van der Waals surface area contributed by atoms with Crippen molar-refractivity contribution in [1.29, 1.82) is 0 Å². The summed E-state index contributed by atoms with van der Waals surface area (Å²) in [4.78, 5) is 0. The monoisotopic (exact) mass is 152 g/mol. The molecule has 0 atom stereocenters. The van der Waals surface area contributed by atoms with Crippen molar-refractivity contribution in [2.24, 2.45) is 0 Å². The molecule has 0 saturated heterocycles. The van der Waals surface area contributed by atoms with Gasteiger partial charge in [-0.3, -0.25) is 0 Å². The van der Waals surface area contributed by atoms with Crippen LogP contribution in [0.2, 0.25) is 0 Å². The molecule has 0 nitrogen and oxygen atoms in total. The van der Waals surface area contributed by atoms with E-state index in [0.29, 0.717) is 0 Å². The zero-order valence-electron chi connectivity index (χ0n) is 5.21. The van der Waals surface area contributed by atoms with Crippen LogP contribution in [-0.2, 0) is 0 Å². The molecule has 0 aromatic heterocycles. The van der Waals surface area contributed by atoms with Crippen molar-refractivity contribution in [1.82, 2.24) is 0 Å². The van der Waals surface area contributed by atoms with Gasteiger partial charge in [0.15, 0.2) is 0 Å². The predicted octanol–water partition coefficient (Wildman–Crippen LogP) is 3.30. The maximum absolute atomic E-state index is 12.0. The van der Waals surface area contributed by atoms with Crippen molar-refractivity contribution in [2.45, 2.75) is 13.8 Å². The lowest BCUT2D eigenvalue weighted by Gasteiger charge is -1.87.